The lowest BCUT2D eigenvalue weighted by Gasteiger charge is -2.19. The first-order chi connectivity index (χ1) is 38.7. The maximum absolute atomic E-state index is 12.5. The summed E-state index contributed by atoms with van der Waals surface area (Å²) >= 11 is 0. The molecule has 3 N–H and O–H groups in total. The highest BCUT2D eigenvalue weighted by atomic mass is 16.3. The number of rotatable bonds is 68. The third kappa shape index (κ3) is 65.4. The molecule has 0 aromatic rings. The monoisotopic (exact) mass is 1090 g/mol. The molecule has 0 saturated carbocycles. The number of nitrogens with one attached hydrogen (secondary N) is 1. The lowest BCUT2D eigenvalue weighted by atomic mass is 10.0. The minimum atomic E-state index is -0.870. The standard InChI is InChI=1S/C74H143NO3/c1-3-5-7-9-11-13-15-17-19-21-23-25-27-29-30-31-32-33-34-35-36-37-38-39-40-41-42-43-44-46-48-50-52-54-56-58-60-62-64-66-68-70-74(78)75-72(71-76)73(77)69-67-65-63-61-59-57-55-53-51-49-47-45-28-26-24-22-20-18-16-14-12-10-8-6-4-2/h51,53,59,61,67,69,72-73,76-77H,3-50,52,54-58,60,62-66,68,70-71H2,1-2H3,(H,75,78)/b53-51+,61-59+,69-67+. The lowest BCUT2D eigenvalue weighted by Crippen LogP contribution is -2.45. The second kappa shape index (κ2) is 69.9. The number of aliphatic hydroxyl groups is 2. The fourth-order valence-electron chi connectivity index (χ4n) is 11.6. The molecule has 0 radical (unpaired) electrons. The maximum Gasteiger partial charge on any atom is 0.220 e. The summed E-state index contributed by atoms with van der Waals surface area (Å²) in [7, 11) is 0. The Bertz CT molecular complexity index is 1190. The van der Waals surface area contributed by atoms with E-state index >= 15 is 0 Å². The number of hydrogen-bond donors (Lipinski definition) is 3. The van der Waals surface area contributed by atoms with Gasteiger partial charge in [0.15, 0.2) is 0 Å². The number of unbranched alkanes of at least 4 members (excludes halogenated alkanes) is 57. The molecule has 4 heteroatoms. The predicted octanol–water partition coefficient (Wildman–Crippen LogP) is 24.7. The summed E-state index contributed by atoms with van der Waals surface area (Å²) in [5.74, 6) is -0.0694. The molecule has 1 amide bonds. The van der Waals surface area contributed by atoms with E-state index < -0.39 is 12.1 Å². The van der Waals surface area contributed by atoms with Gasteiger partial charge in [0, 0.05) is 6.42 Å². The van der Waals surface area contributed by atoms with Gasteiger partial charge in [-0.3, -0.25) is 4.79 Å². The topological polar surface area (TPSA) is 69.6 Å². The van der Waals surface area contributed by atoms with Crippen LogP contribution in [0.2, 0.25) is 0 Å². The van der Waals surface area contributed by atoms with Crippen molar-refractivity contribution in [2.24, 2.45) is 0 Å². The van der Waals surface area contributed by atoms with Gasteiger partial charge in [0.05, 0.1) is 18.8 Å². The molecule has 0 spiro atoms. The van der Waals surface area contributed by atoms with Gasteiger partial charge in [0.2, 0.25) is 5.91 Å². The van der Waals surface area contributed by atoms with Crippen LogP contribution in [0.1, 0.15) is 412 Å². The Labute approximate surface area is 491 Å². The van der Waals surface area contributed by atoms with Crippen LogP contribution in [0, 0.1) is 0 Å². The molecule has 0 aliphatic carbocycles. The van der Waals surface area contributed by atoms with Crippen molar-refractivity contribution in [2.75, 3.05) is 6.61 Å². The van der Waals surface area contributed by atoms with E-state index in [0.717, 1.165) is 38.5 Å². The van der Waals surface area contributed by atoms with Gasteiger partial charge in [-0.1, -0.05) is 397 Å². The van der Waals surface area contributed by atoms with Crippen molar-refractivity contribution in [3.8, 4) is 0 Å². The first-order valence-corrected chi connectivity index (χ1v) is 36.2. The van der Waals surface area contributed by atoms with E-state index in [4.69, 9.17) is 0 Å². The Morgan fingerprint density at radius 2 is 0.500 bits per heavy atom. The minimum absolute atomic E-state index is 0.0694. The van der Waals surface area contributed by atoms with Crippen molar-refractivity contribution in [1.29, 1.82) is 0 Å². The Balaban J connectivity index is 3.41. The molecule has 0 aromatic carbocycles. The SMILES string of the molecule is CCCCCCCCCCCCCCCCC/C=C/CC/C=C/CC/C=C/C(O)C(CO)NC(=O)CCCCCCCCCCCCCCCCCCCCCCCCCCCCCCCCCCCCCCCCCCC. The van der Waals surface area contributed by atoms with Gasteiger partial charge >= 0.3 is 0 Å². The zero-order valence-corrected chi connectivity index (χ0v) is 53.5. The average Bonchev–Trinajstić information content (AvgIpc) is 3.44. The van der Waals surface area contributed by atoms with Crippen molar-refractivity contribution in [3.05, 3.63) is 36.5 Å². The molecule has 0 heterocycles. The molecular weight excluding hydrogens is 951 g/mol. The van der Waals surface area contributed by atoms with E-state index in [2.05, 4.69) is 43.5 Å². The Morgan fingerprint density at radius 1 is 0.295 bits per heavy atom. The third-order valence-electron chi connectivity index (χ3n) is 17.1. The van der Waals surface area contributed by atoms with Crippen LogP contribution in [-0.4, -0.2) is 34.9 Å². The van der Waals surface area contributed by atoms with Gasteiger partial charge in [-0.05, 0) is 44.9 Å². The number of amides is 1. The zero-order valence-electron chi connectivity index (χ0n) is 53.5. The van der Waals surface area contributed by atoms with E-state index in [9.17, 15) is 15.0 Å². The number of allylic oxidation sites excluding steroid dienone is 5. The Hall–Kier alpha value is -1.39. The normalized spacial score (nSPS) is 12.8. The number of aliphatic hydroxyl groups excluding tert-OH is 2. The third-order valence-corrected chi connectivity index (χ3v) is 17.1. The average molecular weight is 1090 g/mol. The fraction of sp³-hybridized carbons (Fsp3) is 0.905. The summed E-state index contributed by atoms with van der Waals surface area (Å²) in [6.45, 7) is 4.34. The molecule has 462 valence electrons. The molecule has 0 rings (SSSR count). The molecule has 4 nitrogen and oxygen atoms in total. The fourth-order valence-corrected chi connectivity index (χ4v) is 11.6. The number of carbonyl (C=O) groups excluding carboxylic acids is 1. The Kier molecular flexibility index (Phi) is 68.6. The highest BCUT2D eigenvalue weighted by Gasteiger charge is 2.18. The van der Waals surface area contributed by atoms with Crippen molar-refractivity contribution in [1.82, 2.24) is 5.32 Å². The van der Waals surface area contributed by atoms with Crippen molar-refractivity contribution < 1.29 is 15.0 Å². The van der Waals surface area contributed by atoms with Gasteiger partial charge < -0.3 is 15.5 Å². The van der Waals surface area contributed by atoms with Crippen LogP contribution in [0.25, 0.3) is 0 Å². The molecule has 0 fully saturated rings. The smallest absolute Gasteiger partial charge is 0.220 e. The molecule has 2 atom stereocenters. The van der Waals surface area contributed by atoms with Crippen LogP contribution >= 0.6 is 0 Å². The molecule has 78 heavy (non-hydrogen) atoms. The summed E-state index contributed by atoms with van der Waals surface area (Å²) in [5, 5.41) is 23.2. The second-order valence-electron chi connectivity index (χ2n) is 25.0. The lowest BCUT2D eigenvalue weighted by molar-refractivity contribution is -0.123. The van der Waals surface area contributed by atoms with Crippen LogP contribution in [0.3, 0.4) is 0 Å². The van der Waals surface area contributed by atoms with E-state index in [0.29, 0.717) is 6.42 Å². The second-order valence-corrected chi connectivity index (χ2v) is 25.0. The van der Waals surface area contributed by atoms with Crippen molar-refractivity contribution >= 4 is 5.91 Å². The minimum Gasteiger partial charge on any atom is -0.394 e. The van der Waals surface area contributed by atoms with Crippen LogP contribution in [0.4, 0.5) is 0 Å². The molecule has 0 saturated heterocycles. The van der Waals surface area contributed by atoms with Gasteiger partial charge in [0.25, 0.3) is 0 Å². The summed E-state index contributed by atoms with van der Waals surface area (Å²) in [6.07, 6.45) is 96.9. The number of hydrogen-bond acceptors (Lipinski definition) is 3. The largest absolute Gasteiger partial charge is 0.394 e. The first kappa shape index (κ1) is 76.6. The molecule has 0 bridgehead atoms. The van der Waals surface area contributed by atoms with E-state index in [-0.39, 0.29) is 12.5 Å². The van der Waals surface area contributed by atoms with Gasteiger partial charge in [-0.25, -0.2) is 0 Å². The van der Waals surface area contributed by atoms with Gasteiger partial charge in [0.1, 0.15) is 0 Å². The summed E-state index contributed by atoms with van der Waals surface area (Å²) in [4.78, 5) is 12.5. The van der Waals surface area contributed by atoms with Crippen LogP contribution < -0.4 is 5.32 Å². The van der Waals surface area contributed by atoms with Gasteiger partial charge in [-0.2, -0.15) is 0 Å². The van der Waals surface area contributed by atoms with Crippen molar-refractivity contribution in [3.63, 3.8) is 0 Å². The van der Waals surface area contributed by atoms with Crippen LogP contribution in [0.5, 0.6) is 0 Å². The Morgan fingerprint density at radius 3 is 0.744 bits per heavy atom. The van der Waals surface area contributed by atoms with Crippen molar-refractivity contribution in [2.45, 2.75) is 424 Å². The summed E-state index contributed by atoms with van der Waals surface area (Å²) in [5.41, 5.74) is 0. The quantitative estimate of drug-likeness (QED) is 0.0420. The highest BCUT2D eigenvalue weighted by Crippen LogP contribution is 2.19. The molecule has 0 aromatic heterocycles. The predicted molar refractivity (Wildman–Crippen MR) is 350 cm³/mol. The molecule has 0 aliphatic heterocycles. The molecule has 0 aliphatic rings. The molecule has 2 unspecified atom stereocenters. The maximum atomic E-state index is 12.5. The highest BCUT2D eigenvalue weighted by molar-refractivity contribution is 5.76. The summed E-state index contributed by atoms with van der Waals surface area (Å²) < 4.78 is 0. The van der Waals surface area contributed by atoms with E-state index in [1.165, 1.54) is 353 Å². The first-order valence-electron chi connectivity index (χ1n) is 36.2. The van der Waals surface area contributed by atoms with E-state index in [1.54, 1.807) is 6.08 Å². The van der Waals surface area contributed by atoms with Crippen LogP contribution in [-0.2, 0) is 4.79 Å². The van der Waals surface area contributed by atoms with Crippen LogP contribution in [0.15, 0.2) is 36.5 Å². The zero-order chi connectivity index (χ0) is 56.2. The van der Waals surface area contributed by atoms with Gasteiger partial charge in [-0.15, -0.1) is 0 Å². The number of carbonyl (C=O) groups is 1. The molecular formula is C74H143NO3. The summed E-state index contributed by atoms with van der Waals surface area (Å²) in [6, 6.07) is -0.645. The van der Waals surface area contributed by atoms with E-state index in [1.807, 2.05) is 6.08 Å².